The van der Waals surface area contributed by atoms with Gasteiger partial charge in [0.05, 0.1) is 0 Å². The van der Waals surface area contributed by atoms with Gasteiger partial charge in [-0.25, -0.2) is 4.79 Å². The molecule has 6 N–H and O–H groups in total. The lowest BCUT2D eigenvalue weighted by molar-refractivity contribution is -0.137. The molecule has 8 aromatic carbocycles. The van der Waals surface area contributed by atoms with E-state index in [-0.39, 0.29) is 51.2 Å². The Labute approximate surface area is 478 Å². The molecule has 8 aromatic rings. The summed E-state index contributed by atoms with van der Waals surface area (Å²) in [5, 5.41) is 24.4. The van der Waals surface area contributed by atoms with Crippen molar-refractivity contribution in [3.05, 3.63) is 275 Å². The van der Waals surface area contributed by atoms with Gasteiger partial charge in [-0.2, -0.15) is 0 Å². The van der Waals surface area contributed by atoms with Crippen molar-refractivity contribution in [2.45, 2.75) is 80.4 Å². The number of rotatable bonds is 26. The van der Waals surface area contributed by atoms with Crippen LogP contribution >= 0.6 is 0 Å². The van der Waals surface area contributed by atoms with Crippen LogP contribution in [-0.4, -0.2) is 66.0 Å². The summed E-state index contributed by atoms with van der Waals surface area (Å²) >= 11 is 0. The molecular weight excluding hydrogens is 1030 g/mol. The van der Waals surface area contributed by atoms with Gasteiger partial charge in [-0.1, -0.05) is 237 Å². The smallest absolute Gasteiger partial charge is 0.407 e. The highest BCUT2D eigenvalue weighted by Crippen LogP contribution is 2.45. The molecular formula is C69H67N5O8. The van der Waals surface area contributed by atoms with Crippen LogP contribution in [-0.2, 0) is 39.8 Å². The number of hydrogen-bond acceptors (Lipinski definition) is 7. The SMILES string of the molecule is O=C(O)CCCCCNC(=O)[C@H](CCC(=O)NC(c1ccccc1)(c1ccccc1)c1ccccc1)NC(=O)[C@H](CCC(=O)NC(c1ccccc1)(c1ccccc1)c1ccccc1)NC(=O)OCC1c2ccccc2-c2ccccc21. The molecule has 0 bridgehead atoms. The van der Waals surface area contributed by atoms with Crippen molar-refractivity contribution in [1.82, 2.24) is 26.6 Å². The van der Waals surface area contributed by atoms with E-state index in [2.05, 4.69) is 26.6 Å². The maximum atomic E-state index is 15.0. The average Bonchev–Trinajstić information content (AvgIpc) is 4.02. The molecule has 13 heteroatoms. The van der Waals surface area contributed by atoms with Gasteiger partial charge in [0.2, 0.25) is 23.6 Å². The first-order chi connectivity index (χ1) is 40.1. The highest BCUT2D eigenvalue weighted by atomic mass is 16.5. The van der Waals surface area contributed by atoms with Crippen molar-refractivity contribution in [2.24, 2.45) is 0 Å². The van der Waals surface area contributed by atoms with Crippen LogP contribution in [0.15, 0.2) is 231 Å². The summed E-state index contributed by atoms with van der Waals surface area (Å²) in [5.74, 6) is -3.42. The zero-order chi connectivity index (χ0) is 57.2. The van der Waals surface area contributed by atoms with E-state index in [1.807, 2.05) is 231 Å². The number of carbonyl (C=O) groups excluding carboxylic acids is 5. The van der Waals surface area contributed by atoms with E-state index in [9.17, 15) is 29.1 Å². The number of benzene rings is 8. The summed E-state index contributed by atoms with van der Waals surface area (Å²) in [6.07, 6.45) is -0.379. The van der Waals surface area contributed by atoms with Crippen molar-refractivity contribution >= 4 is 35.7 Å². The molecule has 0 saturated heterocycles. The molecule has 0 heterocycles. The Balaban J connectivity index is 0.994. The fourth-order valence-electron chi connectivity index (χ4n) is 11.2. The summed E-state index contributed by atoms with van der Waals surface area (Å²) in [6.45, 7) is 0.120. The van der Waals surface area contributed by atoms with Crippen LogP contribution in [0.3, 0.4) is 0 Å². The molecule has 9 rings (SSSR count). The third-order valence-corrected chi connectivity index (χ3v) is 15.2. The number of unbranched alkanes of at least 4 members (excludes halogenated alkanes) is 2. The van der Waals surface area contributed by atoms with Gasteiger partial charge < -0.3 is 36.4 Å². The van der Waals surface area contributed by atoms with Crippen LogP contribution in [0.4, 0.5) is 4.79 Å². The average molecular weight is 1090 g/mol. The molecule has 0 aromatic heterocycles. The van der Waals surface area contributed by atoms with Crippen LogP contribution in [0.5, 0.6) is 0 Å². The molecule has 0 aliphatic heterocycles. The quantitative estimate of drug-likeness (QED) is 0.0228. The normalized spacial score (nSPS) is 12.6. The molecule has 416 valence electrons. The second-order valence-electron chi connectivity index (χ2n) is 20.4. The Bertz CT molecular complexity index is 3180. The molecule has 0 unspecified atom stereocenters. The van der Waals surface area contributed by atoms with Crippen LogP contribution in [0.1, 0.15) is 102 Å². The Morgan fingerprint density at radius 1 is 0.415 bits per heavy atom. The summed E-state index contributed by atoms with van der Waals surface area (Å²) in [5.41, 5.74) is 6.51. The van der Waals surface area contributed by atoms with Crippen molar-refractivity contribution in [3.8, 4) is 11.1 Å². The van der Waals surface area contributed by atoms with Crippen molar-refractivity contribution in [3.63, 3.8) is 0 Å². The monoisotopic (exact) mass is 1090 g/mol. The van der Waals surface area contributed by atoms with Crippen LogP contribution in [0.2, 0.25) is 0 Å². The first kappa shape index (κ1) is 57.1. The van der Waals surface area contributed by atoms with Crippen molar-refractivity contribution in [1.29, 1.82) is 0 Å². The van der Waals surface area contributed by atoms with Crippen molar-refractivity contribution < 1.29 is 38.6 Å². The minimum Gasteiger partial charge on any atom is -0.481 e. The minimum atomic E-state index is -1.41. The third-order valence-electron chi connectivity index (χ3n) is 15.2. The molecule has 82 heavy (non-hydrogen) atoms. The number of carboxylic acid groups (broad SMARTS) is 1. The number of nitrogens with one attached hydrogen (secondary N) is 5. The van der Waals surface area contributed by atoms with Gasteiger partial charge in [0.1, 0.15) is 29.8 Å². The van der Waals surface area contributed by atoms with Crippen LogP contribution in [0.25, 0.3) is 11.1 Å². The Kier molecular flexibility index (Phi) is 19.1. The predicted octanol–water partition coefficient (Wildman–Crippen LogP) is 10.9. The molecule has 0 spiro atoms. The maximum Gasteiger partial charge on any atom is 0.407 e. The first-order valence-electron chi connectivity index (χ1n) is 27.9. The van der Waals surface area contributed by atoms with E-state index in [1.54, 1.807) is 0 Å². The van der Waals surface area contributed by atoms with E-state index in [1.165, 1.54) is 0 Å². The molecule has 5 amide bonds. The molecule has 0 fully saturated rings. The Morgan fingerprint density at radius 3 is 1.15 bits per heavy atom. The lowest BCUT2D eigenvalue weighted by Gasteiger charge is -2.37. The first-order valence-corrected chi connectivity index (χ1v) is 27.9. The number of hydrogen-bond donors (Lipinski definition) is 6. The van der Waals surface area contributed by atoms with Gasteiger partial charge in [0.15, 0.2) is 0 Å². The second kappa shape index (κ2) is 27.5. The Morgan fingerprint density at radius 2 is 0.768 bits per heavy atom. The lowest BCUT2D eigenvalue weighted by Crippen LogP contribution is -2.55. The van der Waals surface area contributed by atoms with Crippen molar-refractivity contribution in [2.75, 3.05) is 13.2 Å². The third kappa shape index (κ3) is 13.5. The van der Waals surface area contributed by atoms with Gasteiger partial charge >= 0.3 is 12.1 Å². The number of carbonyl (C=O) groups is 6. The van der Waals surface area contributed by atoms with E-state index < -0.39 is 58.9 Å². The standard InChI is InChI=1S/C69H67N5O8/c75-62(73-68(49-26-8-1-9-27-49,50-28-10-2-11-29-50)51-30-12-3-13-31-51)45-43-60(65(79)70-47-25-7-20-42-64(77)78)71-66(80)61(72-67(81)82-48-59-57-40-23-21-38-55(57)56-39-22-24-41-58(56)59)44-46-63(76)74-69(52-32-14-4-15-33-52,53-34-16-5-17-35-53)54-36-18-6-19-37-54/h1-6,8-19,21-24,26-41,59-61H,7,20,25,42-48H2,(H,70,79)(H,71,80)(H,72,81)(H,73,75)(H,74,76)(H,77,78)/t60-,61-/m0/s1. The fourth-order valence-corrected chi connectivity index (χ4v) is 11.2. The zero-order valence-electron chi connectivity index (χ0n) is 45.5. The summed E-state index contributed by atoms with van der Waals surface area (Å²) in [4.78, 5) is 84.2. The summed E-state index contributed by atoms with van der Waals surface area (Å²) < 4.78 is 5.97. The number of carboxylic acids is 1. The molecule has 0 radical (unpaired) electrons. The lowest BCUT2D eigenvalue weighted by atomic mass is 9.77. The summed E-state index contributed by atoms with van der Waals surface area (Å²) in [6, 6.07) is 70.8. The highest BCUT2D eigenvalue weighted by molar-refractivity contribution is 5.92. The molecule has 13 nitrogen and oxygen atoms in total. The molecule has 1 aliphatic carbocycles. The van der Waals surface area contributed by atoms with Gasteiger partial charge in [-0.3, -0.25) is 24.0 Å². The number of ether oxygens (including phenoxy) is 1. The van der Waals surface area contributed by atoms with E-state index >= 15 is 4.79 Å². The zero-order valence-corrected chi connectivity index (χ0v) is 45.5. The number of alkyl carbamates (subject to hydrolysis) is 1. The topological polar surface area (TPSA) is 192 Å². The van der Waals surface area contributed by atoms with Gasteiger partial charge in [0, 0.05) is 31.7 Å². The molecule has 0 saturated carbocycles. The minimum absolute atomic E-state index is 0.0139. The van der Waals surface area contributed by atoms with Gasteiger partial charge in [0.25, 0.3) is 0 Å². The predicted molar refractivity (Wildman–Crippen MR) is 316 cm³/mol. The van der Waals surface area contributed by atoms with Gasteiger partial charge in [-0.05, 0) is 81.3 Å². The van der Waals surface area contributed by atoms with E-state index in [0.717, 1.165) is 55.6 Å². The number of fused-ring (bicyclic) bond motifs is 3. The Hall–Kier alpha value is -9.62. The largest absolute Gasteiger partial charge is 0.481 e. The highest BCUT2D eigenvalue weighted by Gasteiger charge is 2.40. The van der Waals surface area contributed by atoms with Crippen LogP contribution in [0, 0.1) is 0 Å². The van der Waals surface area contributed by atoms with E-state index in [4.69, 9.17) is 4.74 Å². The maximum absolute atomic E-state index is 15.0. The fraction of sp³-hybridized carbons (Fsp3) is 0.217. The van der Waals surface area contributed by atoms with Crippen LogP contribution < -0.4 is 26.6 Å². The molecule has 2 atom stereocenters. The second-order valence-corrected chi connectivity index (χ2v) is 20.4. The number of aliphatic carboxylic acids is 1. The number of amides is 5. The van der Waals surface area contributed by atoms with Gasteiger partial charge in [-0.15, -0.1) is 0 Å². The molecule has 1 aliphatic rings. The van der Waals surface area contributed by atoms with E-state index in [0.29, 0.717) is 19.3 Å². The summed E-state index contributed by atoms with van der Waals surface area (Å²) in [7, 11) is 0.